The van der Waals surface area contributed by atoms with Gasteiger partial charge >= 0.3 is 0 Å². The minimum atomic E-state index is 0.918. The molecule has 2 nitrogen and oxygen atoms in total. The molecular weight excluding hydrogens is 192 g/mol. The average Bonchev–Trinajstić information content (AvgIpc) is 2.68. The summed E-state index contributed by atoms with van der Waals surface area (Å²) in [7, 11) is 0. The van der Waals surface area contributed by atoms with E-state index in [4.69, 9.17) is 0 Å². The molecule has 0 amide bonds. The molecule has 14 heavy (non-hydrogen) atoms. The number of rotatable bonds is 3. The van der Waals surface area contributed by atoms with Crippen molar-refractivity contribution in [3.63, 3.8) is 0 Å². The van der Waals surface area contributed by atoms with Crippen LogP contribution < -0.4 is 5.32 Å². The molecule has 1 aromatic heterocycles. The van der Waals surface area contributed by atoms with Crippen LogP contribution in [0.1, 0.15) is 6.92 Å². The van der Waals surface area contributed by atoms with Crippen LogP contribution in [0.5, 0.6) is 0 Å². The van der Waals surface area contributed by atoms with Crippen molar-refractivity contribution < 1.29 is 0 Å². The lowest BCUT2D eigenvalue weighted by Gasteiger charge is -1.95. The maximum Gasteiger partial charge on any atom is 0.183 e. The van der Waals surface area contributed by atoms with Crippen LogP contribution in [-0.2, 0) is 0 Å². The number of anilines is 1. The van der Waals surface area contributed by atoms with E-state index in [1.54, 1.807) is 11.3 Å². The number of nitrogens with zero attached hydrogens (tertiary/aromatic N) is 1. The average molecular weight is 204 g/mol. The summed E-state index contributed by atoms with van der Waals surface area (Å²) in [6.45, 7) is 2.99. The Morgan fingerprint density at radius 1 is 1.29 bits per heavy atom. The Labute approximate surface area is 87.6 Å². The lowest BCUT2D eigenvalue weighted by molar-refractivity contribution is 1.19. The van der Waals surface area contributed by atoms with Gasteiger partial charge in [-0.2, -0.15) is 0 Å². The summed E-state index contributed by atoms with van der Waals surface area (Å²) in [5, 5.41) is 4.20. The molecule has 0 spiro atoms. The molecule has 1 N–H and O–H groups in total. The van der Waals surface area contributed by atoms with Crippen LogP contribution in [-0.4, -0.2) is 11.5 Å². The molecule has 1 heterocycles. The van der Waals surface area contributed by atoms with Gasteiger partial charge < -0.3 is 5.32 Å². The SMILES string of the molecule is CCNc1ncc(-c2ccccc2)s1. The fraction of sp³-hybridized carbons (Fsp3) is 0.182. The van der Waals surface area contributed by atoms with Crippen molar-refractivity contribution in [1.82, 2.24) is 4.98 Å². The Bertz CT molecular complexity index is 395. The fourth-order valence-corrected chi connectivity index (χ4v) is 2.13. The van der Waals surface area contributed by atoms with Crippen LogP contribution in [0.25, 0.3) is 10.4 Å². The maximum absolute atomic E-state index is 4.29. The summed E-state index contributed by atoms with van der Waals surface area (Å²) in [4.78, 5) is 5.50. The zero-order chi connectivity index (χ0) is 9.80. The molecule has 2 aromatic rings. The molecule has 2 rings (SSSR count). The van der Waals surface area contributed by atoms with Gasteiger partial charge in [0, 0.05) is 12.7 Å². The van der Waals surface area contributed by atoms with Crippen molar-refractivity contribution in [3.05, 3.63) is 36.5 Å². The van der Waals surface area contributed by atoms with Crippen LogP contribution in [0.4, 0.5) is 5.13 Å². The Hall–Kier alpha value is -1.35. The van der Waals surface area contributed by atoms with Gasteiger partial charge in [-0.3, -0.25) is 0 Å². The first-order chi connectivity index (χ1) is 6.90. The van der Waals surface area contributed by atoms with Gasteiger partial charge in [-0.1, -0.05) is 41.7 Å². The number of hydrogen-bond acceptors (Lipinski definition) is 3. The molecular formula is C11H12N2S. The Kier molecular flexibility index (Phi) is 2.79. The number of benzene rings is 1. The molecule has 0 aliphatic carbocycles. The van der Waals surface area contributed by atoms with Crippen molar-refractivity contribution in [2.24, 2.45) is 0 Å². The highest BCUT2D eigenvalue weighted by atomic mass is 32.1. The number of thiazole rings is 1. The zero-order valence-corrected chi connectivity index (χ0v) is 8.84. The predicted octanol–water partition coefficient (Wildman–Crippen LogP) is 3.24. The summed E-state index contributed by atoms with van der Waals surface area (Å²) in [5.41, 5.74) is 1.23. The third kappa shape index (κ3) is 1.93. The van der Waals surface area contributed by atoms with E-state index >= 15 is 0 Å². The molecule has 0 saturated carbocycles. The fourth-order valence-electron chi connectivity index (χ4n) is 1.24. The van der Waals surface area contributed by atoms with Crippen LogP contribution in [0.15, 0.2) is 36.5 Å². The van der Waals surface area contributed by atoms with Gasteiger partial charge in [-0.15, -0.1) is 0 Å². The molecule has 0 atom stereocenters. The Morgan fingerprint density at radius 3 is 2.79 bits per heavy atom. The van der Waals surface area contributed by atoms with Crippen LogP contribution in [0, 0.1) is 0 Å². The van der Waals surface area contributed by atoms with E-state index in [0.717, 1.165) is 11.7 Å². The highest BCUT2D eigenvalue weighted by molar-refractivity contribution is 7.18. The number of nitrogens with one attached hydrogen (secondary N) is 1. The second kappa shape index (κ2) is 4.24. The van der Waals surface area contributed by atoms with Gasteiger partial charge in [-0.05, 0) is 12.5 Å². The van der Waals surface area contributed by atoms with Gasteiger partial charge in [0.15, 0.2) is 5.13 Å². The molecule has 72 valence electrons. The minimum absolute atomic E-state index is 0.918. The molecule has 0 radical (unpaired) electrons. The first-order valence-electron chi connectivity index (χ1n) is 4.65. The smallest absolute Gasteiger partial charge is 0.183 e. The maximum atomic E-state index is 4.29. The normalized spacial score (nSPS) is 10.1. The van der Waals surface area contributed by atoms with E-state index in [2.05, 4.69) is 29.4 Å². The van der Waals surface area contributed by atoms with E-state index in [1.165, 1.54) is 10.4 Å². The number of hydrogen-bond donors (Lipinski definition) is 1. The van der Waals surface area contributed by atoms with Crippen molar-refractivity contribution >= 4 is 16.5 Å². The number of aromatic nitrogens is 1. The molecule has 1 aromatic carbocycles. The van der Waals surface area contributed by atoms with Gasteiger partial charge in [0.05, 0.1) is 4.88 Å². The second-order valence-electron chi connectivity index (χ2n) is 2.93. The monoisotopic (exact) mass is 204 g/mol. The van der Waals surface area contributed by atoms with Crippen molar-refractivity contribution in [3.8, 4) is 10.4 Å². The topological polar surface area (TPSA) is 24.9 Å². The summed E-state index contributed by atoms with van der Waals surface area (Å²) in [6.07, 6.45) is 1.91. The highest BCUT2D eigenvalue weighted by Crippen LogP contribution is 2.28. The third-order valence-electron chi connectivity index (χ3n) is 1.89. The van der Waals surface area contributed by atoms with Gasteiger partial charge in [0.25, 0.3) is 0 Å². The quantitative estimate of drug-likeness (QED) is 0.830. The Balaban J connectivity index is 2.25. The van der Waals surface area contributed by atoms with Crippen LogP contribution in [0.3, 0.4) is 0 Å². The lowest BCUT2D eigenvalue weighted by Crippen LogP contribution is -1.94. The van der Waals surface area contributed by atoms with Gasteiger partial charge in [0.1, 0.15) is 0 Å². The van der Waals surface area contributed by atoms with Crippen molar-refractivity contribution in [2.45, 2.75) is 6.92 Å². The van der Waals surface area contributed by atoms with Crippen LogP contribution >= 0.6 is 11.3 Å². The summed E-state index contributed by atoms with van der Waals surface area (Å²) in [5.74, 6) is 0. The van der Waals surface area contributed by atoms with Gasteiger partial charge in [0.2, 0.25) is 0 Å². The minimum Gasteiger partial charge on any atom is -0.362 e. The summed E-state index contributed by atoms with van der Waals surface area (Å²) in [6, 6.07) is 10.3. The molecule has 0 saturated heterocycles. The molecule has 0 aliphatic heterocycles. The zero-order valence-electron chi connectivity index (χ0n) is 8.03. The van der Waals surface area contributed by atoms with E-state index in [0.29, 0.717) is 0 Å². The van der Waals surface area contributed by atoms with E-state index in [9.17, 15) is 0 Å². The summed E-state index contributed by atoms with van der Waals surface area (Å²) >= 11 is 1.69. The van der Waals surface area contributed by atoms with E-state index < -0.39 is 0 Å². The third-order valence-corrected chi connectivity index (χ3v) is 2.90. The van der Waals surface area contributed by atoms with E-state index in [1.807, 2.05) is 24.4 Å². The Morgan fingerprint density at radius 2 is 2.07 bits per heavy atom. The van der Waals surface area contributed by atoms with Gasteiger partial charge in [-0.25, -0.2) is 4.98 Å². The molecule has 0 fully saturated rings. The first kappa shape index (κ1) is 9.21. The first-order valence-corrected chi connectivity index (χ1v) is 5.47. The lowest BCUT2D eigenvalue weighted by atomic mass is 10.2. The molecule has 0 aliphatic rings. The molecule has 0 bridgehead atoms. The molecule has 0 unspecified atom stereocenters. The predicted molar refractivity (Wildman–Crippen MR) is 61.7 cm³/mol. The molecule has 3 heteroatoms. The van der Waals surface area contributed by atoms with Crippen molar-refractivity contribution in [2.75, 3.05) is 11.9 Å². The highest BCUT2D eigenvalue weighted by Gasteiger charge is 2.01. The van der Waals surface area contributed by atoms with Crippen molar-refractivity contribution in [1.29, 1.82) is 0 Å². The van der Waals surface area contributed by atoms with Crippen LogP contribution in [0.2, 0.25) is 0 Å². The second-order valence-corrected chi connectivity index (χ2v) is 3.96. The summed E-state index contributed by atoms with van der Waals surface area (Å²) < 4.78 is 0. The van der Waals surface area contributed by atoms with E-state index in [-0.39, 0.29) is 0 Å². The standard InChI is InChI=1S/C11H12N2S/c1-2-12-11-13-8-10(14-11)9-6-4-3-5-7-9/h3-8H,2H2,1H3,(H,12,13). The largest absolute Gasteiger partial charge is 0.362 e.